The molecule has 1 aliphatic rings. The minimum atomic E-state index is 0.737. The zero-order valence-corrected chi connectivity index (χ0v) is 10.3. The standard InChI is InChI=1S/C11H19N3S/c1-8-9(2)15-11(13-8)14(7-3-6-12)10-4-5-10/h10H,3-7,12H2,1-2H3. The number of aryl methyl sites for hydroxylation is 2. The average Bonchev–Trinajstić information content (AvgIpc) is 2.97. The zero-order chi connectivity index (χ0) is 10.8. The quantitative estimate of drug-likeness (QED) is 0.834. The van der Waals surface area contributed by atoms with E-state index < -0.39 is 0 Å². The first-order valence-corrected chi connectivity index (χ1v) is 6.44. The van der Waals surface area contributed by atoms with E-state index in [9.17, 15) is 0 Å². The van der Waals surface area contributed by atoms with Gasteiger partial charge < -0.3 is 10.6 Å². The minimum Gasteiger partial charge on any atom is -0.345 e. The highest BCUT2D eigenvalue weighted by atomic mass is 32.1. The molecule has 0 spiro atoms. The number of nitrogens with two attached hydrogens (primary N) is 1. The van der Waals surface area contributed by atoms with E-state index in [-0.39, 0.29) is 0 Å². The Morgan fingerprint density at radius 2 is 2.20 bits per heavy atom. The van der Waals surface area contributed by atoms with Crippen molar-refractivity contribution < 1.29 is 0 Å². The Morgan fingerprint density at radius 1 is 1.47 bits per heavy atom. The normalized spacial score (nSPS) is 15.7. The molecule has 3 nitrogen and oxygen atoms in total. The van der Waals surface area contributed by atoms with Crippen LogP contribution < -0.4 is 10.6 Å². The summed E-state index contributed by atoms with van der Waals surface area (Å²) in [6, 6.07) is 0.737. The number of hydrogen-bond acceptors (Lipinski definition) is 4. The number of hydrogen-bond donors (Lipinski definition) is 1. The summed E-state index contributed by atoms with van der Waals surface area (Å²) in [6.45, 7) is 6.06. The van der Waals surface area contributed by atoms with Gasteiger partial charge in [-0.2, -0.15) is 0 Å². The Labute approximate surface area is 95.3 Å². The van der Waals surface area contributed by atoms with Gasteiger partial charge in [0.1, 0.15) is 0 Å². The number of nitrogens with zero attached hydrogens (tertiary/aromatic N) is 2. The van der Waals surface area contributed by atoms with Gasteiger partial charge in [-0.15, -0.1) is 11.3 Å². The zero-order valence-electron chi connectivity index (χ0n) is 9.49. The topological polar surface area (TPSA) is 42.2 Å². The Kier molecular flexibility index (Phi) is 3.26. The Balaban J connectivity index is 2.09. The second-order valence-corrected chi connectivity index (χ2v) is 5.39. The van der Waals surface area contributed by atoms with Gasteiger partial charge in [-0.25, -0.2) is 4.98 Å². The first-order valence-electron chi connectivity index (χ1n) is 5.63. The summed E-state index contributed by atoms with van der Waals surface area (Å²) >= 11 is 1.82. The lowest BCUT2D eigenvalue weighted by atomic mass is 10.4. The first-order chi connectivity index (χ1) is 7.22. The second-order valence-electron chi connectivity index (χ2n) is 4.20. The molecule has 0 amide bonds. The molecule has 0 aromatic carbocycles. The van der Waals surface area contributed by atoms with Crippen molar-refractivity contribution in [3.8, 4) is 0 Å². The number of thiazole rings is 1. The van der Waals surface area contributed by atoms with Crippen molar-refractivity contribution in [2.24, 2.45) is 5.73 Å². The number of aromatic nitrogens is 1. The van der Waals surface area contributed by atoms with Crippen LogP contribution in [0.5, 0.6) is 0 Å². The van der Waals surface area contributed by atoms with E-state index in [0.717, 1.165) is 25.6 Å². The summed E-state index contributed by atoms with van der Waals surface area (Å²) in [5, 5.41) is 1.20. The number of rotatable bonds is 5. The van der Waals surface area contributed by atoms with Gasteiger partial charge in [0.25, 0.3) is 0 Å². The molecule has 0 bridgehead atoms. The molecule has 1 heterocycles. The number of anilines is 1. The lowest BCUT2D eigenvalue weighted by Gasteiger charge is -2.20. The summed E-state index contributed by atoms with van der Waals surface area (Å²) < 4.78 is 0. The largest absolute Gasteiger partial charge is 0.345 e. The van der Waals surface area contributed by atoms with Gasteiger partial charge in [0.2, 0.25) is 0 Å². The third-order valence-electron chi connectivity index (χ3n) is 2.85. The minimum absolute atomic E-state index is 0.737. The van der Waals surface area contributed by atoms with Crippen LogP contribution in [-0.2, 0) is 0 Å². The van der Waals surface area contributed by atoms with Crippen LogP contribution in [0.2, 0.25) is 0 Å². The highest BCUT2D eigenvalue weighted by Crippen LogP contribution is 2.34. The lowest BCUT2D eigenvalue weighted by molar-refractivity contribution is 0.729. The van der Waals surface area contributed by atoms with Crippen molar-refractivity contribution in [1.29, 1.82) is 0 Å². The van der Waals surface area contributed by atoms with Gasteiger partial charge in [-0.1, -0.05) is 0 Å². The second kappa shape index (κ2) is 4.49. The van der Waals surface area contributed by atoms with E-state index in [1.54, 1.807) is 0 Å². The van der Waals surface area contributed by atoms with E-state index in [0.29, 0.717) is 0 Å². The molecule has 1 fully saturated rings. The van der Waals surface area contributed by atoms with E-state index >= 15 is 0 Å². The van der Waals surface area contributed by atoms with Gasteiger partial charge in [0.05, 0.1) is 5.69 Å². The molecule has 15 heavy (non-hydrogen) atoms. The van der Waals surface area contributed by atoms with Crippen LogP contribution in [0, 0.1) is 13.8 Å². The highest BCUT2D eigenvalue weighted by Gasteiger charge is 2.30. The van der Waals surface area contributed by atoms with Crippen LogP contribution in [0.3, 0.4) is 0 Å². The predicted molar refractivity (Wildman–Crippen MR) is 65.6 cm³/mol. The maximum Gasteiger partial charge on any atom is 0.186 e. The summed E-state index contributed by atoms with van der Waals surface area (Å²) in [7, 11) is 0. The van der Waals surface area contributed by atoms with Gasteiger partial charge in [-0.05, 0) is 39.7 Å². The van der Waals surface area contributed by atoms with Crippen LogP contribution >= 0.6 is 11.3 Å². The van der Waals surface area contributed by atoms with E-state index in [1.165, 1.54) is 28.5 Å². The van der Waals surface area contributed by atoms with E-state index in [4.69, 9.17) is 5.73 Å². The van der Waals surface area contributed by atoms with Gasteiger partial charge in [0, 0.05) is 17.5 Å². The lowest BCUT2D eigenvalue weighted by Crippen LogP contribution is -2.28. The molecular formula is C11H19N3S. The molecule has 1 saturated carbocycles. The fourth-order valence-electron chi connectivity index (χ4n) is 1.66. The van der Waals surface area contributed by atoms with E-state index in [2.05, 4.69) is 23.7 Å². The molecule has 0 saturated heterocycles. The third-order valence-corrected chi connectivity index (χ3v) is 3.96. The molecule has 0 radical (unpaired) electrons. The van der Waals surface area contributed by atoms with Crippen LogP contribution in [0.25, 0.3) is 0 Å². The van der Waals surface area contributed by atoms with Gasteiger partial charge in [0.15, 0.2) is 5.13 Å². The maximum absolute atomic E-state index is 5.57. The van der Waals surface area contributed by atoms with Crippen LogP contribution in [0.4, 0.5) is 5.13 Å². The van der Waals surface area contributed by atoms with Crippen LogP contribution in [0.1, 0.15) is 29.8 Å². The summed E-state index contributed by atoms with van der Waals surface area (Å²) in [4.78, 5) is 8.41. The summed E-state index contributed by atoms with van der Waals surface area (Å²) in [5.41, 5.74) is 6.74. The molecule has 2 rings (SSSR count). The molecule has 0 atom stereocenters. The fourth-order valence-corrected chi connectivity index (χ4v) is 2.67. The van der Waals surface area contributed by atoms with Gasteiger partial charge >= 0.3 is 0 Å². The molecule has 4 heteroatoms. The highest BCUT2D eigenvalue weighted by molar-refractivity contribution is 7.15. The maximum atomic E-state index is 5.57. The Bertz CT molecular complexity index is 311. The smallest absolute Gasteiger partial charge is 0.186 e. The van der Waals surface area contributed by atoms with Crippen molar-refractivity contribution in [3.63, 3.8) is 0 Å². The Morgan fingerprint density at radius 3 is 2.67 bits per heavy atom. The molecule has 1 aromatic rings. The third kappa shape index (κ3) is 2.49. The fraction of sp³-hybridized carbons (Fsp3) is 0.727. The van der Waals surface area contributed by atoms with Crippen molar-refractivity contribution >= 4 is 16.5 Å². The average molecular weight is 225 g/mol. The monoisotopic (exact) mass is 225 g/mol. The summed E-state index contributed by atoms with van der Waals surface area (Å²) in [6.07, 6.45) is 3.71. The predicted octanol–water partition coefficient (Wildman–Crippen LogP) is 2.08. The van der Waals surface area contributed by atoms with Gasteiger partial charge in [-0.3, -0.25) is 0 Å². The van der Waals surface area contributed by atoms with Crippen LogP contribution in [0.15, 0.2) is 0 Å². The van der Waals surface area contributed by atoms with Crippen molar-refractivity contribution in [2.45, 2.75) is 39.2 Å². The molecule has 1 aromatic heterocycles. The molecule has 0 aliphatic heterocycles. The SMILES string of the molecule is Cc1nc(N(CCCN)C2CC2)sc1C. The molecule has 0 unspecified atom stereocenters. The molecule has 84 valence electrons. The van der Waals surface area contributed by atoms with E-state index in [1.807, 2.05) is 11.3 Å². The molecule has 1 aliphatic carbocycles. The van der Waals surface area contributed by atoms with Crippen molar-refractivity contribution in [2.75, 3.05) is 18.0 Å². The van der Waals surface area contributed by atoms with Crippen LogP contribution in [-0.4, -0.2) is 24.1 Å². The molecular weight excluding hydrogens is 206 g/mol. The Hall–Kier alpha value is -0.610. The molecule has 2 N–H and O–H groups in total. The summed E-state index contributed by atoms with van der Waals surface area (Å²) in [5.74, 6) is 0. The van der Waals surface area contributed by atoms with Crippen molar-refractivity contribution in [1.82, 2.24) is 4.98 Å². The first kappa shape index (κ1) is 10.9. The van der Waals surface area contributed by atoms with Crippen molar-refractivity contribution in [3.05, 3.63) is 10.6 Å².